The van der Waals surface area contributed by atoms with Crippen LogP contribution in [0.15, 0.2) is 48.6 Å². The fourth-order valence-electron chi connectivity index (χ4n) is 4.28. The van der Waals surface area contributed by atoms with Crippen LogP contribution in [0.25, 0.3) is 0 Å². The number of carbonyl (C=O) groups excluding carboxylic acids is 1. The zero-order valence-corrected chi connectivity index (χ0v) is 15.1. The lowest BCUT2D eigenvalue weighted by Gasteiger charge is -2.38. The second-order valence-corrected chi connectivity index (χ2v) is 7.02. The van der Waals surface area contributed by atoms with Crippen LogP contribution in [0.5, 0.6) is 0 Å². The van der Waals surface area contributed by atoms with Crippen molar-refractivity contribution >= 4 is 17.3 Å². The number of ether oxygens (including phenoxy) is 1. The molecule has 3 atom stereocenters. The fourth-order valence-corrected chi connectivity index (χ4v) is 4.28. The Kier molecular flexibility index (Phi) is 4.18. The predicted molar refractivity (Wildman–Crippen MR) is 102 cm³/mol. The summed E-state index contributed by atoms with van der Waals surface area (Å²) in [5, 5.41) is 14.5. The molecule has 2 unspecified atom stereocenters. The van der Waals surface area contributed by atoms with Crippen LogP contribution in [0, 0.1) is 23.0 Å². The molecule has 1 aliphatic heterocycles. The van der Waals surface area contributed by atoms with Crippen molar-refractivity contribution in [3.8, 4) is 0 Å². The minimum absolute atomic E-state index is 0.0184. The fraction of sp³-hybridized carbons (Fsp3) is 0.286. The van der Waals surface area contributed by atoms with E-state index >= 15 is 0 Å². The Labute approximate surface area is 157 Å². The number of methoxy groups -OCH3 is 1. The molecule has 2 aromatic carbocycles. The molecule has 0 bridgehead atoms. The Hall–Kier alpha value is -3.15. The molecule has 0 fully saturated rings. The maximum absolute atomic E-state index is 12.1. The first-order valence-corrected chi connectivity index (χ1v) is 8.90. The molecule has 0 radical (unpaired) electrons. The van der Waals surface area contributed by atoms with Crippen LogP contribution in [-0.2, 0) is 4.74 Å². The first-order chi connectivity index (χ1) is 13.0. The Morgan fingerprint density at radius 3 is 2.63 bits per heavy atom. The number of carbonyl (C=O) groups is 1. The molecule has 0 saturated carbocycles. The van der Waals surface area contributed by atoms with Crippen LogP contribution in [0.4, 0.5) is 11.4 Å². The van der Waals surface area contributed by atoms with Crippen molar-refractivity contribution in [2.24, 2.45) is 5.92 Å². The van der Waals surface area contributed by atoms with E-state index in [0.29, 0.717) is 11.5 Å². The summed E-state index contributed by atoms with van der Waals surface area (Å²) in [4.78, 5) is 22.6. The lowest BCUT2D eigenvalue weighted by molar-refractivity contribution is -0.384. The lowest BCUT2D eigenvalue weighted by Crippen LogP contribution is -2.30. The second kappa shape index (κ2) is 6.54. The van der Waals surface area contributed by atoms with Gasteiger partial charge in [0.1, 0.15) is 0 Å². The molecule has 27 heavy (non-hydrogen) atoms. The van der Waals surface area contributed by atoms with Gasteiger partial charge in [-0.25, -0.2) is 4.79 Å². The molecule has 2 aromatic rings. The number of allylic oxidation sites excluding steroid dienone is 2. The maximum atomic E-state index is 12.1. The quantitative estimate of drug-likeness (QED) is 0.375. The normalized spacial score (nSPS) is 22.5. The van der Waals surface area contributed by atoms with Crippen LogP contribution in [0.1, 0.15) is 45.4 Å². The van der Waals surface area contributed by atoms with Crippen molar-refractivity contribution in [1.82, 2.24) is 0 Å². The highest BCUT2D eigenvalue weighted by Gasteiger charge is 2.39. The van der Waals surface area contributed by atoms with Crippen LogP contribution in [0.2, 0.25) is 0 Å². The Bertz CT molecular complexity index is 949. The standard InChI is InChI=1S/C21H20N2O4/c1-12-15(21(24)27-2)10-11-18-16-4-3-5-17(16)20(22-19(12)18)13-6-8-14(9-7-13)23(25)26/h3-4,6-11,16-17,20,22H,5H2,1-2H3/t16?,17?,20-/m1/s1. The summed E-state index contributed by atoms with van der Waals surface area (Å²) in [7, 11) is 1.38. The molecule has 2 aliphatic rings. The zero-order valence-electron chi connectivity index (χ0n) is 15.1. The minimum atomic E-state index is -0.389. The molecule has 0 saturated heterocycles. The van der Waals surface area contributed by atoms with E-state index in [2.05, 4.69) is 17.5 Å². The molecule has 0 amide bonds. The van der Waals surface area contributed by atoms with E-state index in [1.807, 2.05) is 31.2 Å². The number of hydrogen-bond donors (Lipinski definition) is 1. The van der Waals surface area contributed by atoms with Gasteiger partial charge >= 0.3 is 5.97 Å². The summed E-state index contributed by atoms with van der Waals surface area (Å²) in [6.07, 6.45) is 5.35. The lowest BCUT2D eigenvalue weighted by atomic mass is 9.76. The van der Waals surface area contributed by atoms with Gasteiger partial charge in [-0.15, -0.1) is 0 Å². The number of non-ortho nitro benzene ring substituents is 1. The molecule has 4 rings (SSSR count). The summed E-state index contributed by atoms with van der Waals surface area (Å²) in [6, 6.07) is 10.6. The van der Waals surface area contributed by atoms with Crippen molar-refractivity contribution in [3.05, 3.63) is 80.9 Å². The summed E-state index contributed by atoms with van der Waals surface area (Å²) < 4.78 is 4.90. The van der Waals surface area contributed by atoms with Crippen molar-refractivity contribution in [2.75, 3.05) is 12.4 Å². The van der Waals surface area contributed by atoms with Crippen molar-refractivity contribution in [2.45, 2.75) is 25.3 Å². The van der Waals surface area contributed by atoms with Crippen LogP contribution < -0.4 is 5.32 Å². The predicted octanol–water partition coefficient (Wildman–Crippen LogP) is 4.52. The van der Waals surface area contributed by atoms with Crippen molar-refractivity contribution < 1.29 is 14.5 Å². The molecule has 1 heterocycles. The van der Waals surface area contributed by atoms with Gasteiger partial charge in [0.2, 0.25) is 0 Å². The number of nitro groups is 1. The van der Waals surface area contributed by atoms with E-state index in [4.69, 9.17) is 4.74 Å². The SMILES string of the molecule is COC(=O)c1ccc2c(c1C)N[C@H](c1ccc([N+](=O)[O-])cc1)C1CC=CC21. The van der Waals surface area contributed by atoms with E-state index in [0.717, 1.165) is 23.2 Å². The number of nitrogens with zero attached hydrogens (tertiary/aromatic N) is 1. The molecule has 0 spiro atoms. The molecule has 6 heteroatoms. The molecule has 1 N–H and O–H groups in total. The van der Waals surface area contributed by atoms with Crippen molar-refractivity contribution in [1.29, 1.82) is 0 Å². The van der Waals surface area contributed by atoms with Crippen LogP contribution in [-0.4, -0.2) is 18.0 Å². The molecular formula is C21H20N2O4. The summed E-state index contributed by atoms with van der Waals surface area (Å²) in [5.74, 6) is 0.238. The first-order valence-electron chi connectivity index (χ1n) is 8.90. The van der Waals surface area contributed by atoms with Crippen LogP contribution in [0.3, 0.4) is 0 Å². The number of anilines is 1. The third-order valence-corrected chi connectivity index (χ3v) is 5.67. The number of rotatable bonds is 3. The number of esters is 1. The molecule has 138 valence electrons. The van der Waals surface area contributed by atoms with E-state index in [-0.39, 0.29) is 28.5 Å². The zero-order chi connectivity index (χ0) is 19.1. The molecule has 1 aliphatic carbocycles. The van der Waals surface area contributed by atoms with E-state index in [1.165, 1.54) is 12.7 Å². The Morgan fingerprint density at radius 2 is 1.96 bits per heavy atom. The monoisotopic (exact) mass is 364 g/mol. The average molecular weight is 364 g/mol. The molecule has 6 nitrogen and oxygen atoms in total. The highest BCUT2D eigenvalue weighted by Crippen LogP contribution is 2.51. The van der Waals surface area contributed by atoms with Gasteiger partial charge in [-0.1, -0.05) is 30.4 Å². The van der Waals surface area contributed by atoms with E-state index in [9.17, 15) is 14.9 Å². The number of nitrogens with one attached hydrogen (secondary N) is 1. The third-order valence-electron chi connectivity index (χ3n) is 5.67. The van der Waals surface area contributed by atoms with Crippen molar-refractivity contribution in [3.63, 3.8) is 0 Å². The highest BCUT2D eigenvalue weighted by atomic mass is 16.6. The summed E-state index contributed by atoms with van der Waals surface area (Å²) >= 11 is 0. The summed E-state index contributed by atoms with van der Waals surface area (Å²) in [5.41, 5.74) is 4.63. The van der Waals surface area contributed by atoms with Gasteiger partial charge in [-0.05, 0) is 42.0 Å². The Balaban J connectivity index is 1.77. The minimum Gasteiger partial charge on any atom is -0.465 e. The van der Waals surface area contributed by atoms with Gasteiger partial charge < -0.3 is 10.1 Å². The van der Waals surface area contributed by atoms with Gasteiger partial charge in [0.05, 0.1) is 23.6 Å². The third kappa shape index (κ3) is 2.77. The van der Waals surface area contributed by atoms with E-state index in [1.54, 1.807) is 12.1 Å². The van der Waals surface area contributed by atoms with E-state index < -0.39 is 0 Å². The number of benzene rings is 2. The number of fused-ring (bicyclic) bond motifs is 3. The average Bonchev–Trinajstić information content (AvgIpc) is 3.17. The smallest absolute Gasteiger partial charge is 0.338 e. The second-order valence-electron chi connectivity index (χ2n) is 7.02. The first kappa shape index (κ1) is 17.3. The summed E-state index contributed by atoms with van der Waals surface area (Å²) in [6.45, 7) is 1.92. The highest BCUT2D eigenvalue weighted by molar-refractivity contribution is 5.93. The molecular weight excluding hydrogens is 344 g/mol. The largest absolute Gasteiger partial charge is 0.465 e. The van der Waals surface area contributed by atoms with Gasteiger partial charge in [0.15, 0.2) is 0 Å². The maximum Gasteiger partial charge on any atom is 0.338 e. The molecule has 0 aromatic heterocycles. The van der Waals surface area contributed by atoms with Gasteiger partial charge in [0, 0.05) is 23.7 Å². The Morgan fingerprint density at radius 1 is 1.22 bits per heavy atom. The number of nitro benzene ring substituents is 1. The number of hydrogen-bond acceptors (Lipinski definition) is 5. The topological polar surface area (TPSA) is 81.5 Å². The van der Waals surface area contributed by atoms with Gasteiger partial charge in [-0.3, -0.25) is 10.1 Å². The van der Waals surface area contributed by atoms with Gasteiger partial charge in [0.25, 0.3) is 5.69 Å². The van der Waals surface area contributed by atoms with Gasteiger partial charge in [-0.2, -0.15) is 0 Å². The van der Waals surface area contributed by atoms with Crippen LogP contribution >= 0.6 is 0 Å².